The maximum atomic E-state index is 11.5. The fourth-order valence-electron chi connectivity index (χ4n) is 2.18. The Balaban J connectivity index is 2.30. The number of sulfone groups is 1. The van der Waals surface area contributed by atoms with Gasteiger partial charge >= 0.3 is 0 Å². The minimum absolute atomic E-state index is 0.0711. The van der Waals surface area contributed by atoms with Gasteiger partial charge in [0, 0.05) is 12.0 Å². The molecule has 0 aliphatic carbocycles. The molecule has 1 aromatic heterocycles. The van der Waals surface area contributed by atoms with Gasteiger partial charge in [-0.05, 0) is 18.6 Å². The van der Waals surface area contributed by atoms with E-state index in [2.05, 4.69) is 0 Å². The van der Waals surface area contributed by atoms with Crippen LogP contribution in [0.2, 0.25) is 0 Å². The molecule has 3 N–H and O–H groups in total. The van der Waals surface area contributed by atoms with Crippen molar-refractivity contribution >= 4 is 9.84 Å². The Kier molecular flexibility index (Phi) is 2.81. The van der Waals surface area contributed by atoms with Crippen LogP contribution in [0.15, 0.2) is 22.8 Å². The van der Waals surface area contributed by atoms with Gasteiger partial charge in [-0.2, -0.15) is 0 Å². The van der Waals surface area contributed by atoms with Crippen molar-refractivity contribution in [2.75, 3.05) is 18.1 Å². The third-order valence-corrected chi connectivity index (χ3v) is 5.06. The van der Waals surface area contributed by atoms with Gasteiger partial charge in [0.2, 0.25) is 0 Å². The molecule has 0 spiro atoms. The molecule has 1 aliphatic rings. The lowest BCUT2D eigenvalue weighted by atomic mass is 9.80. The molecule has 1 saturated heterocycles. The summed E-state index contributed by atoms with van der Waals surface area (Å²) in [5, 5.41) is 10.2. The van der Waals surface area contributed by atoms with Crippen LogP contribution >= 0.6 is 0 Å². The molecule has 2 unspecified atom stereocenters. The second-order valence-electron chi connectivity index (χ2n) is 4.33. The molecule has 1 aromatic rings. The van der Waals surface area contributed by atoms with E-state index in [1.165, 1.54) is 6.26 Å². The summed E-state index contributed by atoms with van der Waals surface area (Å²) in [6.45, 7) is 0.133. The van der Waals surface area contributed by atoms with Crippen LogP contribution in [0.5, 0.6) is 0 Å². The van der Waals surface area contributed by atoms with Crippen LogP contribution in [0, 0.1) is 5.41 Å². The van der Waals surface area contributed by atoms with Crippen LogP contribution in [-0.4, -0.2) is 31.6 Å². The fraction of sp³-hybridized carbons (Fsp3) is 0.600. The number of nitrogens with two attached hydrogens (primary N) is 1. The second-order valence-corrected chi connectivity index (χ2v) is 6.51. The van der Waals surface area contributed by atoms with E-state index in [9.17, 15) is 13.5 Å². The molecule has 1 fully saturated rings. The summed E-state index contributed by atoms with van der Waals surface area (Å²) in [7, 11) is -3.08. The lowest BCUT2D eigenvalue weighted by Gasteiger charge is -2.30. The van der Waals surface area contributed by atoms with Gasteiger partial charge in [0.25, 0.3) is 0 Å². The summed E-state index contributed by atoms with van der Waals surface area (Å²) >= 11 is 0. The van der Waals surface area contributed by atoms with Gasteiger partial charge in [0.1, 0.15) is 11.9 Å². The summed E-state index contributed by atoms with van der Waals surface area (Å²) < 4.78 is 28.1. The molecule has 1 aliphatic heterocycles. The first-order valence-corrected chi connectivity index (χ1v) is 6.93. The van der Waals surface area contributed by atoms with E-state index in [1.807, 2.05) is 0 Å². The summed E-state index contributed by atoms with van der Waals surface area (Å²) in [5.41, 5.74) is 4.84. The van der Waals surface area contributed by atoms with E-state index in [4.69, 9.17) is 10.2 Å². The Hall–Kier alpha value is -0.850. The highest BCUT2D eigenvalue weighted by Crippen LogP contribution is 2.42. The highest BCUT2D eigenvalue weighted by atomic mass is 32.2. The quantitative estimate of drug-likeness (QED) is 0.786. The zero-order valence-electron chi connectivity index (χ0n) is 8.80. The van der Waals surface area contributed by atoms with Gasteiger partial charge in [-0.1, -0.05) is 0 Å². The first-order chi connectivity index (χ1) is 7.49. The van der Waals surface area contributed by atoms with Gasteiger partial charge in [0.05, 0.1) is 17.8 Å². The number of aliphatic hydroxyl groups excluding tert-OH is 1. The average Bonchev–Trinajstić information content (AvgIpc) is 2.85. The van der Waals surface area contributed by atoms with Crippen molar-refractivity contribution in [2.24, 2.45) is 11.1 Å². The Morgan fingerprint density at radius 2 is 2.38 bits per heavy atom. The molecule has 2 atom stereocenters. The van der Waals surface area contributed by atoms with Crippen molar-refractivity contribution < 1.29 is 17.9 Å². The molecule has 0 bridgehead atoms. The highest BCUT2D eigenvalue weighted by molar-refractivity contribution is 7.91. The molecule has 0 radical (unpaired) electrons. The average molecular weight is 245 g/mol. The largest absolute Gasteiger partial charge is 0.467 e. The minimum Gasteiger partial charge on any atom is -0.467 e. The summed E-state index contributed by atoms with van der Waals surface area (Å²) in [6.07, 6.45) is 0.879. The smallest absolute Gasteiger partial charge is 0.151 e. The number of hydrogen-bond donors (Lipinski definition) is 2. The Labute approximate surface area is 94.2 Å². The zero-order valence-corrected chi connectivity index (χ0v) is 9.61. The second kappa shape index (κ2) is 3.87. The monoisotopic (exact) mass is 245 g/mol. The number of hydrogen-bond acceptors (Lipinski definition) is 5. The van der Waals surface area contributed by atoms with Gasteiger partial charge in [0.15, 0.2) is 9.84 Å². The standard InChI is InChI=1S/C10H15NO4S/c11-6-10(3-5-16(13,14)7-10)9(12)8-2-1-4-15-8/h1-2,4,9,12H,3,5-7,11H2. The van der Waals surface area contributed by atoms with Crippen molar-refractivity contribution in [1.82, 2.24) is 0 Å². The lowest BCUT2D eigenvalue weighted by Crippen LogP contribution is -2.37. The van der Waals surface area contributed by atoms with Crippen LogP contribution in [0.1, 0.15) is 18.3 Å². The fourth-order valence-corrected chi connectivity index (χ4v) is 4.34. The Bertz CT molecular complexity index is 453. The number of rotatable bonds is 3. The molecule has 6 heteroatoms. The minimum atomic E-state index is -3.08. The molecular formula is C10H15NO4S. The summed E-state index contributed by atoms with van der Waals surface area (Å²) in [5.74, 6) is 0.392. The van der Waals surface area contributed by atoms with Crippen LogP contribution in [-0.2, 0) is 9.84 Å². The predicted molar refractivity (Wildman–Crippen MR) is 58.4 cm³/mol. The molecule has 16 heavy (non-hydrogen) atoms. The van der Waals surface area contributed by atoms with Gasteiger partial charge in [-0.25, -0.2) is 8.42 Å². The van der Waals surface area contributed by atoms with Crippen LogP contribution in [0.25, 0.3) is 0 Å². The first-order valence-electron chi connectivity index (χ1n) is 5.11. The first kappa shape index (κ1) is 11.6. The maximum absolute atomic E-state index is 11.5. The third kappa shape index (κ3) is 1.88. The zero-order chi connectivity index (χ0) is 11.8. The van der Waals surface area contributed by atoms with Crippen molar-refractivity contribution in [3.63, 3.8) is 0 Å². The number of aliphatic hydroxyl groups is 1. The molecular weight excluding hydrogens is 230 g/mol. The molecule has 0 aromatic carbocycles. The van der Waals surface area contributed by atoms with Crippen molar-refractivity contribution in [3.05, 3.63) is 24.2 Å². The molecule has 0 saturated carbocycles. The van der Waals surface area contributed by atoms with E-state index in [-0.39, 0.29) is 18.1 Å². The van der Waals surface area contributed by atoms with E-state index in [0.717, 1.165) is 0 Å². The van der Waals surface area contributed by atoms with Gasteiger partial charge in [-0.15, -0.1) is 0 Å². The Morgan fingerprint density at radius 3 is 2.81 bits per heavy atom. The van der Waals surface area contributed by atoms with Crippen molar-refractivity contribution in [2.45, 2.75) is 12.5 Å². The molecule has 0 amide bonds. The molecule has 5 nitrogen and oxygen atoms in total. The molecule has 2 rings (SSSR count). The van der Waals surface area contributed by atoms with E-state index >= 15 is 0 Å². The topological polar surface area (TPSA) is 93.5 Å². The van der Waals surface area contributed by atoms with Gasteiger partial charge < -0.3 is 15.3 Å². The van der Waals surface area contributed by atoms with Crippen LogP contribution in [0.4, 0.5) is 0 Å². The summed E-state index contributed by atoms with van der Waals surface area (Å²) in [6, 6.07) is 3.29. The maximum Gasteiger partial charge on any atom is 0.151 e. The Morgan fingerprint density at radius 1 is 1.62 bits per heavy atom. The SMILES string of the molecule is NCC1(C(O)c2ccco2)CCS(=O)(=O)C1. The molecule has 90 valence electrons. The lowest BCUT2D eigenvalue weighted by molar-refractivity contribution is 0.0294. The van der Waals surface area contributed by atoms with Crippen LogP contribution < -0.4 is 5.73 Å². The predicted octanol–water partition coefficient (Wildman–Crippen LogP) is 0.0766. The van der Waals surface area contributed by atoms with Crippen molar-refractivity contribution in [3.8, 4) is 0 Å². The number of furan rings is 1. The van der Waals surface area contributed by atoms with E-state index in [0.29, 0.717) is 12.2 Å². The summed E-state index contributed by atoms with van der Waals surface area (Å²) in [4.78, 5) is 0. The van der Waals surface area contributed by atoms with E-state index in [1.54, 1.807) is 12.1 Å². The molecule has 2 heterocycles. The van der Waals surface area contributed by atoms with E-state index < -0.39 is 21.4 Å². The van der Waals surface area contributed by atoms with Gasteiger partial charge in [-0.3, -0.25) is 0 Å². The van der Waals surface area contributed by atoms with Crippen molar-refractivity contribution in [1.29, 1.82) is 0 Å². The normalized spacial score (nSPS) is 30.4. The third-order valence-electron chi connectivity index (χ3n) is 3.22. The van der Waals surface area contributed by atoms with Crippen LogP contribution in [0.3, 0.4) is 0 Å². The highest BCUT2D eigenvalue weighted by Gasteiger charge is 2.47.